The van der Waals surface area contributed by atoms with Gasteiger partial charge in [0, 0.05) is 18.2 Å². The zero-order valence-electron chi connectivity index (χ0n) is 15.6. The lowest BCUT2D eigenvalue weighted by atomic mass is 10.00. The number of aromatic nitrogens is 1. The fourth-order valence-corrected chi connectivity index (χ4v) is 3.17. The molecular formula is C21H24N2O4. The average molecular weight is 368 g/mol. The highest BCUT2D eigenvalue weighted by atomic mass is 16.5. The summed E-state index contributed by atoms with van der Waals surface area (Å²) < 4.78 is 16.3. The maximum Gasteiger partial charge on any atom is 0.276 e. The lowest BCUT2D eigenvalue weighted by molar-refractivity contribution is 0.0616. The fourth-order valence-electron chi connectivity index (χ4n) is 3.17. The fraction of sp³-hybridized carbons (Fsp3) is 0.333. The Balaban J connectivity index is 1.68. The zero-order valence-corrected chi connectivity index (χ0v) is 15.6. The smallest absolute Gasteiger partial charge is 0.276 e. The lowest BCUT2D eigenvalue weighted by Gasteiger charge is -2.36. The van der Waals surface area contributed by atoms with Gasteiger partial charge in [0.2, 0.25) is 5.89 Å². The molecular weight excluding hydrogens is 344 g/mol. The molecule has 0 saturated heterocycles. The molecule has 0 N–H and O–H groups in total. The number of hydrogen-bond donors (Lipinski definition) is 0. The number of methoxy groups -OCH3 is 1. The summed E-state index contributed by atoms with van der Waals surface area (Å²) >= 11 is 0. The van der Waals surface area contributed by atoms with E-state index >= 15 is 0 Å². The van der Waals surface area contributed by atoms with E-state index < -0.39 is 0 Å². The van der Waals surface area contributed by atoms with Crippen LogP contribution < -0.4 is 9.47 Å². The number of carbonyl (C=O) groups is 1. The van der Waals surface area contributed by atoms with Crippen molar-refractivity contribution in [1.29, 1.82) is 0 Å². The van der Waals surface area contributed by atoms with Crippen molar-refractivity contribution in [1.82, 2.24) is 9.88 Å². The van der Waals surface area contributed by atoms with Gasteiger partial charge >= 0.3 is 0 Å². The van der Waals surface area contributed by atoms with E-state index in [4.69, 9.17) is 13.9 Å². The van der Waals surface area contributed by atoms with Crippen molar-refractivity contribution >= 4 is 5.91 Å². The van der Waals surface area contributed by atoms with Gasteiger partial charge in [0.25, 0.3) is 5.91 Å². The third-order valence-electron chi connectivity index (χ3n) is 4.50. The number of benzene rings is 1. The second-order valence-electron chi connectivity index (χ2n) is 6.39. The summed E-state index contributed by atoms with van der Waals surface area (Å²) in [5.41, 5.74) is 0.287. The van der Waals surface area contributed by atoms with Crippen molar-refractivity contribution in [2.45, 2.75) is 38.5 Å². The Kier molecular flexibility index (Phi) is 5.96. The topological polar surface area (TPSA) is 64.8 Å². The number of amides is 1. The standard InChI is InChI=1S/C21H24N2O4/c1-4-7-16-9-5-8-15(2)23(16)21(24)19-13-27-20(22-19)14-26-18-11-6-10-17(12-18)25-3/h4-6,8,10-13,15-16H,1,7,9,14H2,2-3H3/t15-,16-/m1/s1. The molecule has 3 rings (SSSR count). The van der Waals surface area contributed by atoms with Crippen molar-refractivity contribution in [3.63, 3.8) is 0 Å². The largest absolute Gasteiger partial charge is 0.497 e. The second kappa shape index (κ2) is 8.58. The summed E-state index contributed by atoms with van der Waals surface area (Å²) in [6.45, 7) is 5.92. The highest BCUT2D eigenvalue weighted by Crippen LogP contribution is 2.23. The summed E-state index contributed by atoms with van der Waals surface area (Å²) in [6.07, 6.45) is 8.93. The molecule has 0 spiro atoms. The number of nitrogens with zero attached hydrogens (tertiary/aromatic N) is 2. The van der Waals surface area contributed by atoms with Crippen LogP contribution in [0.3, 0.4) is 0 Å². The Hall–Kier alpha value is -3.02. The van der Waals surface area contributed by atoms with E-state index in [-0.39, 0.29) is 30.3 Å². The third kappa shape index (κ3) is 4.39. The van der Waals surface area contributed by atoms with Gasteiger partial charge in [-0.25, -0.2) is 4.98 Å². The first-order valence-electron chi connectivity index (χ1n) is 8.94. The van der Waals surface area contributed by atoms with Gasteiger partial charge < -0.3 is 18.8 Å². The minimum absolute atomic E-state index is 0.00406. The van der Waals surface area contributed by atoms with Crippen LogP contribution in [0.2, 0.25) is 0 Å². The first-order chi connectivity index (χ1) is 13.1. The minimum Gasteiger partial charge on any atom is -0.497 e. The monoisotopic (exact) mass is 368 g/mol. The van der Waals surface area contributed by atoms with Gasteiger partial charge in [-0.3, -0.25) is 4.79 Å². The number of hydrogen-bond acceptors (Lipinski definition) is 5. The molecule has 2 aromatic rings. The molecule has 2 heterocycles. The van der Waals surface area contributed by atoms with Crippen LogP contribution in [0, 0.1) is 0 Å². The molecule has 142 valence electrons. The normalized spacial score (nSPS) is 19.0. The third-order valence-corrected chi connectivity index (χ3v) is 4.50. The Morgan fingerprint density at radius 3 is 3.04 bits per heavy atom. The van der Waals surface area contributed by atoms with E-state index in [2.05, 4.69) is 17.6 Å². The Morgan fingerprint density at radius 2 is 2.26 bits per heavy atom. The highest BCUT2D eigenvalue weighted by Gasteiger charge is 2.30. The van der Waals surface area contributed by atoms with Gasteiger partial charge in [-0.1, -0.05) is 24.3 Å². The average Bonchev–Trinajstić information content (AvgIpc) is 3.16. The van der Waals surface area contributed by atoms with Crippen molar-refractivity contribution in [3.05, 3.63) is 66.9 Å². The molecule has 0 aliphatic carbocycles. The molecule has 1 aliphatic rings. The van der Waals surface area contributed by atoms with Crippen molar-refractivity contribution < 1.29 is 18.7 Å². The molecule has 0 fully saturated rings. The molecule has 0 saturated carbocycles. The van der Waals surface area contributed by atoms with Crippen molar-refractivity contribution in [3.8, 4) is 11.5 Å². The van der Waals surface area contributed by atoms with Crippen LogP contribution in [-0.4, -0.2) is 35.0 Å². The van der Waals surface area contributed by atoms with Crippen LogP contribution in [-0.2, 0) is 6.61 Å². The van der Waals surface area contributed by atoms with Gasteiger partial charge in [0.1, 0.15) is 17.8 Å². The second-order valence-corrected chi connectivity index (χ2v) is 6.39. The van der Waals surface area contributed by atoms with Crippen LogP contribution in [0.25, 0.3) is 0 Å². The molecule has 1 amide bonds. The van der Waals surface area contributed by atoms with Gasteiger partial charge in [-0.05, 0) is 31.9 Å². The molecule has 27 heavy (non-hydrogen) atoms. The van der Waals surface area contributed by atoms with Crippen LogP contribution in [0.5, 0.6) is 11.5 Å². The number of carbonyl (C=O) groups excluding carboxylic acids is 1. The predicted molar refractivity (Wildman–Crippen MR) is 102 cm³/mol. The highest BCUT2D eigenvalue weighted by molar-refractivity contribution is 5.92. The summed E-state index contributed by atoms with van der Waals surface area (Å²) in [5.74, 6) is 1.55. The molecule has 1 aromatic heterocycles. The Morgan fingerprint density at radius 1 is 1.44 bits per heavy atom. The molecule has 1 aromatic carbocycles. The quantitative estimate of drug-likeness (QED) is 0.691. The number of rotatable bonds is 7. The van der Waals surface area contributed by atoms with Gasteiger partial charge in [0.15, 0.2) is 12.3 Å². The molecule has 0 radical (unpaired) electrons. The van der Waals surface area contributed by atoms with Crippen LogP contribution in [0.15, 0.2) is 59.8 Å². The van der Waals surface area contributed by atoms with Gasteiger partial charge in [-0.2, -0.15) is 0 Å². The van der Waals surface area contributed by atoms with E-state index in [9.17, 15) is 4.79 Å². The lowest BCUT2D eigenvalue weighted by Crippen LogP contribution is -2.47. The van der Waals surface area contributed by atoms with E-state index in [1.807, 2.05) is 42.2 Å². The van der Waals surface area contributed by atoms with Crippen LogP contribution in [0.1, 0.15) is 36.1 Å². The molecule has 1 aliphatic heterocycles. The van der Waals surface area contributed by atoms with Gasteiger partial charge in [0.05, 0.1) is 7.11 Å². The number of oxazole rings is 1. The van der Waals surface area contributed by atoms with Gasteiger partial charge in [-0.15, -0.1) is 6.58 Å². The predicted octanol–water partition coefficient (Wildman–Crippen LogP) is 4.00. The first kappa shape index (κ1) is 18.8. The van der Waals surface area contributed by atoms with Crippen LogP contribution >= 0.6 is 0 Å². The minimum atomic E-state index is -0.143. The molecule has 2 atom stereocenters. The summed E-state index contributed by atoms with van der Waals surface area (Å²) in [4.78, 5) is 19.1. The van der Waals surface area contributed by atoms with E-state index in [1.165, 1.54) is 6.26 Å². The molecule has 6 nitrogen and oxygen atoms in total. The maximum absolute atomic E-state index is 12.9. The van der Waals surface area contributed by atoms with Crippen LogP contribution in [0.4, 0.5) is 0 Å². The molecule has 0 unspecified atom stereocenters. The Bertz CT molecular complexity index is 827. The molecule has 0 bridgehead atoms. The summed E-state index contributed by atoms with van der Waals surface area (Å²) in [6, 6.07) is 7.36. The SMILES string of the molecule is C=CC[C@@H]1CC=C[C@@H](C)N1C(=O)c1coc(COc2cccc(OC)c2)n1. The summed E-state index contributed by atoms with van der Waals surface area (Å²) in [7, 11) is 1.60. The Labute approximate surface area is 159 Å². The van der Waals surface area contributed by atoms with E-state index in [0.717, 1.165) is 12.8 Å². The van der Waals surface area contributed by atoms with E-state index in [0.29, 0.717) is 17.4 Å². The number of ether oxygens (including phenoxy) is 2. The summed E-state index contributed by atoms with van der Waals surface area (Å²) in [5, 5.41) is 0. The zero-order chi connectivity index (χ0) is 19.2. The molecule has 6 heteroatoms. The van der Waals surface area contributed by atoms with Crippen molar-refractivity contribution in [2.75, 3.05) is 7.11 Å². The maximum atomic E-state index is 12.9. The van der Waals surface area contributed by atoms with Crippen molar-refractivity contribution in [2.24, 2.45) is 0 Å². The van der Waals surface area contributed by atoms with E-state index in [1.54, 1.807) is 13.2 Å². The first-order valence-corrected chi connectivity index (χ1v) is 8.94.